The van der Waals surface area contributed by atoms with Crippen LogP contribution in [0.15, 0.2) is 24.3 Å². The van der Waals surface area contributed by atoms with Crippen molar-refractivity contribution in [3.8, 4) is 5.75 Å². The van der Waals surface area contributed by atoms with Gasteiger partial charge in [0.15, 0.2) is 9.84 Å². The van der Waals surface area contributed by atoms with Gasteiger partial charge in [0, 0.05) is 25.1 Å². The second kappa shape index (κ2) is 11.9. The Kier molecular flexibility index (Phi) is 9.51. The van der Waals surface area contributed by atoms with Crippen LogP contribution >= 0.6 is 0 Å². The highest BCUT2D eigenvalue weighted by Crippen LogP contribution is 2.22. The predicted molar refractivity (Wildman–Crippen MR) is 110 cm³/mol. The van der Waals surface area contributed by atoms with E-state index in [-0.39, 0.29) is 30.8 Å². The summed E-state index contributed by atoms with van der Waals surface area (Å²) in [5.74, 6) is -3.61. The first-order chi connectivity index (χ1) is 15.1. The lowest BCUT2D eigenvalue weighted by molar-refractivity contribution is -0.148. The lowest BCUT2D eigenvalue weighted by atomic mass is 10.1. The second-order valence-corrected chi connectivity index (χ2v) is 9.31. The molecule has 0 aromatic heterocycles. The van der Waals surface area contributed by atoms with Gasteiger partial charge >= 0.3 is 6.61 Å². The number of nitrogens with one attached hydrogen (secondary N) is 1. The van der Waals surface area contributed by atoms with Gasteiger partial charge in [-0.25, -0.2) is 8.42 Å². The van der Waals surface area contributed by atoms with E-state index >= 15 is 0 Å². The maximum absolute atomic E-state index is 12.5. The lowest BCUT2D eigenvalue weighted by Gasteiger charge is -2.27. The number of ether oxygens (including phenoxy) is 2. The van der Waals surface area contributed by atoms with E-state index < -0.39 is 58.0 Å². The monoisotopic (exact) mass is 476 g/mol. The van der Waals surface area contributed by atoms with Gasteiger partial charge in [-0.05, 0) is 12.5 Å². The third kappa shape index (κ3) is 7.83. The third-order valence-electron chi connectivity index (χ3n) is 4.77. The predicted octanol–water partition coefficient (Wildman–Crippen LogP) is 0.916. The Morgan fingerprint density at radius 1 is 1.19 bits per heavy atom. The van der Waals surface area contributed by atoms with Gasteiger partial charge in [-0.3, -0.25) is 14.4 Å². The molecule has 0 radical (unpaired) electrons. The topological polar surface area (TPSA) is 119 Å². The molecule has 1 saturated heterocycles. The Hall–Kier alpha value is -2.60. The van der Waals surface area contributed by atoms with Crippen molar-refractivity contribution in [2.24, 2.45) is 0 Å². The van der Waals surface area contributed by atoms with E-state index in [9.17, 15) is 31.6 Å². The molecule has 0 bridgehead atoms. The average molecular weight is 476 g/mol. The molecule has 1 aromatic carbocycles. The molecule has 2 rings (SSSR count). The number of amides is 2. The van der Waals surface area contributed by atoms with Gasteiger partial charge in [-0.2, -0.15) is 8.78 Å². The zero-order valence-electron chi connectivity index (χ0n) is 17.6. The number of carbonyl (C=O) groups is 3. The molecule has 1 N–H and O–H groups in total. The highest BCUT2D eigenvalue weighted by molar-refractivity contribution is 7.90. The first kappa shape index (κ1) is 25.7. The van der Waals surface area contributed by atoms with Crippen molar-refractivity contribution in [1.82, 2.24) is 10.2 Å². The van der Waals surface area contributed by atoms with E-state index in [1.165, 1.54) is 29.2 Å². The van der Waals surface area contributed by atoms with Gasteiger partial charge in [-0.15, -0.1) is 0 Å². The largest absolute Gasteiger partial charge is 0.435 e. The van der Waals surface area contributed by atoms with Crippen molar-refractivity contribution in [3.05, 3.63) is 29.8 Å². The van der Waals surface area contributed by atoms with Crippen LogP contribution in [0.3, 0.4) is 0 Å². The summed E-state index contributed by atoms with van der Waals surface area (Å²) in [5.41, 5.74) is 0.0472. The number of ketones is 1. The normalized spacial score (nSPS) is 15.3. The number of carbonyl (C=O) groups excluding carboxylic acids is 3. The van der Waals surface area contributed by atoms with Crippen molar-refractivity contribution in [2.45, 2.75) is 38.2 Å². The van der Waals surface area contributed by atoms with Crippen molar-refractivity contribution >= 4 is 27.4 Å². The number of nitrogens with zero attached hydrogens (tertiary/aromatic N) is 1. The summed E-state index contributed by atoms with van der Waals surface area (Å²) >= 11 is 0. The Balaban J connectivity index is 1.91. The molecule has 1 atom stereocenters. The third-order valence-corrected chi connectivity index (χ3v) is 6.35. The minimum absolute atomic E-state index is 0.0472. The Morgan fingerprint density at radius 3 is 2.47 bits per heavy atom. The van der Waals surface area contributed by atoms with E-state index in [1.807, 2.05) is 0 Å². The van der Waals surface area contributed by atoms with E-state index in [4.69, 9.17) is 4.74 Å². The van der Waals surface area contributed by atoms with Crippen molar-refractivity contribution < 1.29 is 41.1 Å². The van der Waals surface area contributed by atoms with Crippen LogP contribution in [0.25, 0.3) is 0 Å². The van der Waals surface area contributed by atoms with Crippen LogP contribution in [0.4, 0.5) is 8.78 Å². The fourth-order valence-electron chi connectivity index (χ4n) is 3.08. The Morgan fingerprint density at radius 2 is 1.84 bits per heavy atom. The highest BCUT2D eigenvalue weighted by Gasteiger charge is 2.30. The molecule has 1 fully saturated rings. The Bertz CT molecular complexity index is 918. The molecule has 12 heteroatoms. The first-order valence-electron chi connectivity index (χ1n) is 10.1. The maximum Gasteiger partial charge on any atom is 0.387 e. The van der Waals surface area contributed by atoms with Crippen LogP contribution in [0, 0.1) is 0 Å². The van der Waals surface area contributed by atoms with Crippen LogP contribution in [-0.2, 0) is 34.7 Å². The number of sulfone groups is 1. The van der Waals surface area contributed by atoms with Crippen molar-refractivity contribution in [1.29, 1.82) is 0 Å². The summed E-state index contributed by atoms with van der Waals surface area (Å²) in [7, 11) is -3.84. The molecule has 1 heterocycles. The summed E-state index contributed by atoms with van der Waals surface area (Å²) in [6, 6.07) is 4.42. The molecule has 9 nitrogen and oxygen atoms in total. The summed E-state index contributed by atoms with van der Waals surface area (Å²) in [6.07, 6.45) is -0.290. The highest BCUT2D eigenvalue weighted by atomic mass is 32.2. The number of Topliss-reactive ketones (excluding diaryl/α,β-unsaturated/α-hetero) is 1. The standard InChI is InChI=1S/C20H26F2N2O7S/c1-2-15(18(26)19(27)24-8-10-30-11-9-24)23-17(25)7-12-32(28,29)13-14-5-3-4-6-16(14)31-20(21)22/h3-6,15,20H,2,7-13H2,1H3,(H,23,25). The zero-order valence-corrected chi connectivity index (χ0v) is 18.4. The van der Waals surface area contributed by atoms with Crippen LogP contribution < -0.4 is 10.1 Å². The van der Waals surface area contributed by atoms with Crippen LogP contribution in [0.1, 0.15) is 25.3 Å². The quantitative estimate of drug-likeness (QED) is 0.472. The maximum atomic E-state index is 12.5. The summed E-state index contributed by atoms with van der Waals surface area (Å²) in [5, 5.41) is 2.40. The lowest BCUT2D eigenvalue weighted by Crippen LogP contribution is -2.51. The van der Waals surface area contributed by atoms with Crippen LogP contribution in [0.2, 0.25) is 0 Å². The second-order valence-electron chi connectivity index (χ2n) is 7.13. The SMILES string of the molecule is CCC(NC(=O)CCS(=O)(=O)Cc1ccccc1OC(F)F)C(=O)C(=O)N1CCOCC1. The van der Waals surface area contributed by atoms with Gasteiger partial charge in [-0.1, -0.05) is 25.1 Å². The van der Waals surface area contributed by atoms with Gasteiger partial charge in [0.1, 0.15) is 5.75 Å². The van der Waals surface area contributed by atoms with Gasteiger partial charge in [0.2, 0.25) is 11.7 Å². The van der Waals surface area contributed by atoms with Crippen LogP contribution in [0.5, 0.6) is 5.75 Å². The fraction of sp³-hybridized carbons (Fsp3) is 0.550. The number of hydrogen-bond acceptors (Lipinski definition) is 7. The van der Waals surface area contributed by atoms with E-state index in [0.29, 0.717) is 13.2 Å². The van der Waals surface area contributed by atoms with Crippen molar-refractivity contribution in [2.75, 3.05) is 32.1 Å². The number of rotatable bonds is 11. The number of halogens is 2. The molecule has 32 heavy (non-hydrogen) atoms. The molecule has 0 saturated carbocycles. The molecule has 1 aliphatic rings. The fourth-order valence-corrected chi connectivity index (χ4v) is 4.44. The molecule has 1 aromatic rings. The molecule has 0 aliphatic carbocycles. The van der Waals surface area contributed by atoms with E-state index in [1.54, 1.807) is 6.92 Å². The number of morpholine rings is 1. The average Bonchev–Trinajstić information content (AvgIpc) is 2.76. The van der Waals surface area contributed by atoms with E-state index in [2.05, 4.69) is 10.1 Å². The molecule has 1 aliphatic heterocycles. The van der Waals surface area contributed by atoms with Gasteiger partial charge in [0.05, 0.1) is 30.8 Å². The summed E-state index contributed by atoms with van der Waals surface area (Å²) < 4.78 is 59.2. The van der Waals surface area contributed by atoms with Crippen molar-refractivity contribution in [3.63, 3.8) is 0 Å². The summed E-state index contributed by atoms with van der Waals surface area (Å²) in [6.45, 7) is -0.273. The smallest absolute Gasteiger partial charge is 0.387 e. The molecule has 0 spiro atoms. The number of benzene rings is 1. The molecular formula is C20H26F2N2O7S. The van der Waals surface area contributed by atoms with Gasteiger partial charge < -0.3 is 19.7 Å². The molecule has 178 valence electrons. The van der Waals surface area contributed by atoms with Crippen LogP contribution in [-0.4, -0.2) is 75.6 Å². The Labute approximate surface area is 185 Å². The first-order valence-corrected chi connectivity index (χ1v) is 11.9. The van der Waals surface area contributed by atoms with E-state index in [0.717, 1.165) is 0 Å². The molecular weight excluding hydrogens is 450 g/mol. The molecule has 2 amide bonds. The van der Waals surface area contributed by atoms with Gasteiger partial charge in [0.25, 0.3) is 5.91 Å². The minimum atomic E-state index is -3.84. The zero-order chi connectivity index (χ0) is 23.7. The number of para-hydroxylation sites is 1. The minimum Gasteiger partial charge on any atom is -0.435 e. The molecule has 1 unspecified atom stereocenters. The summed E-state index contributed by atoms with van der Waals surface area (Å²) in [4.78, 5) is 38.3. The number of hydrogen-bond donors (Lipinski definition) is 1. The number of alkyl halides is 2.